The number of phenols is 1. The van der Waals surface area contributed by atoms with Crippen molar-refractivity contribution in [3.05, 3.63) is 65.6 Å². The van der Waals surface area contributed by atoms with E-state index in [9.17, 15) is 9.90 Å². The molecule has 3 rings (SSSR count). The van der Waals surface area contributed by atoms with Crippen LogP contribution in [0.15, 0.2) is 53.1 Å². The van der Waals surface area contributed by atoms with E-state index >= 15 is 0 Å². The van der Waals surface area contributed by atoms with Crippen LogP contribution in [0, 0.1) is 0 Å². The third-order valence-corrected chi connectivity index (χ3v) is 4.26. The molecule has 1 heterocycles. The van der Waals surface area contributed by atoms with Gasteiger partial charge in [-0.1, -0.05) is 49.3 Å². The molecule has 0 unspecified atom stereocenters. The number of carbonyl (C=O) groups excluding carboxylic acids is 1. The van der Waals surface area contributed by atoms with E-state index in [1.54, 1.807) is 18.2 Å². The van der Waals surface area contributed by atoms with E-state index in [2.05, 4.69) is 24.0 Å². The lowest BCUT2D eigenvalue weighted by Gasteiger charge is -2.04. The molecular formula is C22H22N2O5. The van der Waals surface area contributed by atoms with Gasteiger partial charge in [0.15, 0.2) is 18.1 Å². The summed E-state index contributed by atoms with van der Waals surface area (Å²) < 4.78 is 15.3. The molecule has 150 valence electrons. The average Bonchev–Trinajstić information content (AvgIpc) is 3.20. The van der Waals surface area contributed by atoms with Gasteiger partial charge >= 0.3 is 5.97 Å². The maximum atomic E-state index is 11.9. The molecule has 29 heavy (non-hydrogen) atoms. The minimum absolute atomic E-state index is 0.0262. The van der Waals surface area contributed by atoms with Gasteiger partial charge in [-0.15, -0.1) is 0 Å². The van der Waals surface area contributed by atoms with Crippen LogP contribution in [0.2, 0.25) is 0 Å². The van der Waals surface area contributed by atoms with Gasteiger partial charge in [0.25, 0.3) is 5.89 Å². The standard InChI is InChI=1S/C22H22N2O5/c1-14(2)16-6-8-17(9-7-16)22-23-20(29-24-22)13-28-21(26)11-5-15-4-10-18(25)19(12-15)27-3/h4-12,14,25H,13H2,1-3H3/b11-5+. The second kappa shape index (κ2) is 9.05. The second-order valence-electron chi connectivity index (χ2n) is 6.66. The smallest absolute Gasteiger partial charge is 0.331 e. The van der Waals surface area contributed by atoms with Crippen molar-refractivity contribution in [3.63, 3.8) is 0 Å². The SMILES string of the molecule is COc1cc(/C=C/C(=O)OCc2nc(-c3ccc(C(C)C)cc3)no2)ccc1O. The Morgan fingerprint density at radius 3 is 2.66 bits per heavy atom. The van der Waals surface area contributed by atoms with Crippen LogP contribution >= 0.6 is 0 Å². The fourth-order valence-electron chi connectivity index (χ4n) is 2.59. The molecule has 1 N–H and O–H groups in total. The van der Waals surface area contributed by atoms with Crippen LogP contribution in [0.3, 0.4) is 0 Å². The monoisotopic (exact) mass is 394 g/mol. The highest BCUT2D eigenvalue weighted by Gasteiger charge is 2.11. The molecule has 2 aromatic carbocycles. The largest absolute Gasteiger partial charge is 0.504 e. The molecule has 0 aliphatic heterocycles. The molecule has 0 fully saturated rings. The van der Waals surface area contributed by atoms with Gasteiger partial charge < -0.3 is 19.1 Å². The van der Waals surface area contributed by atoms with Gasteiger partial charge in [-0.25, -0.2) is 4.79 Å². The van der Waals surface area contributed by atoms with Gasteiger partial charge in [0.05, 0.1) is 7.11 Å². The van der Waals surface area contributed by atoms with Gasteiger partial charge in [0.2, 0.25) is 5.82 Å². The molecule has 7 heteroatoms. The first-order valence-electron chi connectivity index (χ1n) is 9.11. The summed E-state index contributed by atoms with van der Waals surface area (Å²) in [7, 11) is 1.45. The number of carbonyl (C=O) groups is 1. The van der Waals surface area contributed by atoms with Crippen LogP contribution in [0.1, 0.15) is 36.8 Å². The summed E-state index contributed by atoms with van der Waals surface area (Å²) in [5, 5.41) is 13.5. The third-order valence-electron chi connectivity index (χ3n) is 4.26. The number of esters is 1. The van der Waals surface area contributed by atoms with E-state index in [0.717, 1.165) is 5.56 Å². The van der Waals surface area contributed by atoms with E-state index in [1.807, 2.05) is 24.3 Å². The Balaban J connectivity index is 1.57. The number of hydrogen-bond acceptors (Lipinski definition) is 7. The van der Waals surface area contributed by atoms with E-state index in [-0.39, 0.29) is 18.2 Å². The lowest BCUT2D eigenvalue weighted by molar-refractivity contribution is -0.139. The Kier molecular flexibility index (Phi) is 6.29. The quantitative estimate of drug-likeness (QED) is 0.471. The van der Waals surface area contributed by atoms with Gasteiger partial charge in [-0.05, 0) is 35.3 Å². The van der Waals surface area contributed by atoms with Crippen molar-refractivity contribution < 1.29 is 23.9 Å². The van der Waals surface area contributed by atoms with Crippen molar-refractivity contribution in [1.29, 1.82) is 0 Å². The minimum atomic E-state index is -0.557. The first-order chi connectivity index (χ1) is 14.0. The maximum Gasteiger partial charge on any atom is 0.331 e. The molecule has 0 aliphatic rings. The fraction of sp³-hybridized carbons (Fsp3) is 0.227. The molecular weight excluding hydrogens is 372 g/mol. The summed E-state index contributed by atoms with van der Waals surface area (Å²) in [6.07, 6.45) is 2.83. The van der Waals surface area contributed by atoms with E-state index < -0.39 is 5.97 Å². The highest BCUT2D eigenvalue weighted by molar-refractivity contribution is 5.87. The Hall–Kier alpha value is -3.61. The molecule has 0 spiro atoms. The number of benzene rings is 2. The predicted molar refractivity (Wildman–Crippen MR) is 107 cm³/mol. The Labute approximate surface area is 168 Å². The first kappa shape index (κ1) is 20.1. The van der Waals surface area contributed by atoms with Crippen LogP contribution in [0.25, 0.3) is 17.5 Å². The third kappa shape index (κ3) is 5.22. The number of ether oxygens (including phenoxy) is 2. The molecule has 0 aliphatic carbocycles. The van der Waals surface area contributed by atoms with Crippen molar-refractivity contribution in [2.45, 2.75) is 26.4 Å². The van der Waals surface area contributed by atoms with Crippen LogP contribution in [-0.4, -0.2) is 28.3 Å². The molecule has 0 saturated heterocycles. The van der Waals surface area contributed by atoms with Gasteiger partial charge in [-0.3, -0.25) is 0 Å². The van der Waals surface area contributed by atoms with Crippen molar-refractivity contribution in [1.82, 2.24) is 10.1 Å². The summed E-state index contributed by atoms with van der Waals surface area (Å²) in [5.74, 6) is 0.885. The molecule has 0 amide bonds. The van der Waals surface area contributed by atoms with E-state index in [0.29, 0.717) is 23.1 Å². The predicted octanol–water partition coefficient (Wildman–Crippen LogP) is 4.33. The highest BCUT2D eigenvalue weighted by Crippen LogP contribution is 2.26. The Morgan fingerprint density at radius 1 is 1.21 bits per heavy atom. The lowest BCUT2D eigenvalue weighted by atomic mass is 10.0. The van der Waals surface area contributed by atoms with Crippen LogP contribution in [0.5, 0.6) is 11.5 Å². The average molecular weight is 394 g/mol. The van der Waals surface area contributed by atoms with Crippen molar-refractivity contribution in [3.8, 4) is 22.9 Å². The second-order valence-corrected chi connectivity index (χ2v) is 6.66. The zero-order valence-corrected chi connectivity index (χ0v) is 16.5. The zero-order chi connectivity index (χ0) is 20.8. The van der Waals surface area contributed by atoms with Crippen LogP contribution in [-0.2, 0) is 16.1 Å². The lowest BCUT2D eigenvalue weighted by Crippen LogP contribution is -2.01. The molecule has 0 saturated carbocycles. The zero-order valence-electron chi connectivity index (χ0n) is 16.5. The van der Waals surface area contributed by atoms with Crippen LogP contribution < -0.4 is 4.74 Å². The van der Waals surface area contributed by atoms with E-state index in [1.165, 1.54) is 24.8 Å². The van der Waals surface area contributed by atoms with Gasteiger partial charge in [0, 0.05) is 11.6 Å². The highest BCUT2D eigenvalue weighted by atomic mass is 16.6. The van der Waals surface area contributed by atoms with Crippen molar-refractivity contribution >= 4 is 12.0 Å². The molecule has 1 aromatic heterocycles. The van der Waals surface area contributed by atoms with E-state index in [4.69, 9.17) is 14.0 Å². The molecule has 7 nitrogen and oxygen atoms in total. The molecule has 0 atom stereocenters. The normalized spacial score (nSPS) is 11.2. The first-order valence-corrected chi connectivity index (χ1v) is 9.11. The van der Waals surface area contributed by atoms with Gasteiger partial charge in [-0.2, -0.15) is 4.98 Å². The number of aromatic hydroxyl groups is 1. The molecule has 3 aromatic rings. The van der Waals surface area contributed by atoms with Crippen LogP contribution in [0.4, 0.5) is 0 Å². The summed E-state index contributed by atoms with van der Waals surface area (Å²) in [6.45, 7) is 4.13. The number of rotatable bonds is 7. The number of aromatic nitrogens is 2. The number of hydrogen-bond donors (Lipinski definition) is 1. The topological polar surface area (TPSA) is 94.7 Å². The molecule has 0 bridgehead atoms. The summed E-state index contributed by atoms with van der Waals surface area (Å²) in [4.78, 5) is 16.2. The van der Waals surface area contributed by atoms with Gasteiger partial charge in [0.1, 0.15) is 0 Å². The number of nitrogens with zero attached hydrogens (tertiary/aromatic N) is 2. The Morgan fingerprint density at radius 2 is 1.97 bits per heavy atom. The summed E-state index contributed by atoms with van der Waals surface area (Å²) >= 11 is 0. The van der Waals surface area contributed by atoms with Crippen molar-refractivity contribution in [2.24, 2.45) is 0 Å². The van der Waals surface area contributed by atoms with Crippen molar-refractivity contribution in [2.75, 3.05) is 7.11 Å². The molecule has 0 radical (unpaired) electrons. The maximum absolute atomic E-state index is 11.9. The fourth-order valence-corrected chi connectivity index (χ4v) is 2.59. The number of methoxy groups -OCH3 is 1. The number of phenolic OH excluding ortho intramolecular Hbond substituents is 1. The summed E-state index contributed by atoms with van der Waals surface area (Å²) in [6, 6.07) is 12.7. The summed E-state index contributed by atoms with van der Waals surface area (Å²) in [5.41, 5.74) is 2.74. The minimum Gasteiger partial charge on any atom is -0.504 e. The Bertz CT molecular complexity index is 1010.